The molecule has 0 aromatic carbocycles. The molecule has 1 aliphatic heterocycles. The third-order valence-electron chi connectivity index (χ3n) is 4.47. The second kappa shape index (κ2) is 6.33. The molecule has 3 aromatic rings. The quantitative estimate of drug-likeness (QED) is 0.734. The average molecular weight is 338 g/mol. The highest BCUT2D eigenvalue weighted by Gasteiger charge is 2.21. The molecule has 0 amide bonds. The van der Waals surface area contributed by atoms with Crippen LogP contribution in [0.5, 0.6) is 0 Å². The molecule has 4 rings (SSSR count). The van der Waals surface area contributed by atoms with Crippen LogP contribution in [0, 0.1) is 19.7 Å². The third kappa shape index (κ3) is 3.15. The standard InChI is InChI=1S/C18H19FN6/c1-12-14(9-21-13(2)22-12)10-24-6-7-25-15(11-24)8-17(23-25)18-16(19)4-3-5-20-18/h3-5,8-9H,6-7,10-11H2,1-2H3. The summed E-state index contributed by atoms with van der Waals surface area (Å²) in [5.74, 6) is 0.447. The minimum absolute atomic E-state index is 0.304. The van der Waals surface area contributed by atoms with E-state index in [2.05, 4.69) is 25.0 Å². The van der Waals surface area contributed by atoms with Crippen LogP contribution in [0.25, 0.3) is 11.4 Å². The van der Waals surface area contributed by atoms with Gasteiger partial charge in [-0.1, -0.05) is 0 Å². The summed E-state index contributed by atoms with van der Waals surface area (Å²) < 4.78 is 15.9. The maximum absolute atomic E-state index is 13.9. The molecule has 128 valence electrons. The van der Waals surface area contributed by atoms with Crippen LogP contribution in [-0.2, 0) is 19.6 Å². The predicted octanol–water partition coefficient (Wildman–Crippen LogP) is 2.51. The summed E-state index contributed by atoms with van der Waals surface area (Å²) in [6.07, 6.45) is 3.49. The maximum Gasteiger partial charge on any atom is 0.151 e. The smallest absolute Gasteiger partial charge is 0.151 e. The van der Waals surface area contributed by atoms with Crippen LogP contribution >= 0.6 is 0 Å². The van der Waals surface area contributed by atoms with Crippen LogP contribution in [-0.4, -0.2) is 36.2 Å². The number of fused-ring (bicyclic) bond motifs is 1. The first-order chi connectivity index (χ1) is 12.1. The molecular formula is C18H19FN6. The van der Waals surface area contributed by atoms with E-state index in [0.29, 0.717) is 11.4 Å². The Morgan fingerprint density at radius 1 is 1.20 bits per heavy atom. The van der Waals surface area contributed by atoms with Gasteiger partial charge in [-0.15, -0.1) is 0 Å². The van der Waals surface area contributed by atoms with Gasteiger partial charge in [0.05, 0.1) is 12.2 Å². The number of halogens is 1. The summed E-state index contributed by atoms with van der Waals surface area (Å²) in [5, 5.41) is 4.52. The lowest BCUT2D eigenvalue weighted by molar-refractivity contribution is 0.204. The van der Waals surface area contributed by atoms with Gasteiger partial charge in [-0.3, -0.25) is 14.6 Å². The normalized spacial score (nSPS) is 14.5. The Hall–Kier alpha value is -2.67. The van der Waals surface area contributed by atoms with Gasteiger partial charge in [-0.05, 0) is 32.0 Å². The molecule has 7 heteroatoms. The predicted molar refractivity (Wildman–Crippen MR) is 91.0 cm³/mol. The Balaban J connectivity index is 1.54. The van der Waals surface area contributed by atoms with E-state index in [0.717, 1.165) is 49.0 Å². The molecule has 0 unspecified atom stereocenters. The largest absolute Gasteiger partial charge is 0.291 e. The molecule has 0 radical (unpaired) electrons. The summed E-state index contributed by atoms with van der Waals surface area (Å²) >= 11 is 0. The Morgan fingerprint density at radius 2 is 2.08 bits per heavy atom. The molecule has 0 bridgehead atoms. The van der Waals surface area contributed by atoms with Crippen molar-refractivity contribution in [3.8, 4) is 11.4 Å². The van der Waals surface area contributed by atoms with Gasteiger partial charge in [-0.25, -0.2) is 14.4 Å². The molecule has 0 saturated heterocycles. The topological polar surface area (TPSA) is 59.7 Å². The van der Waals surface area contributed by atoms with E-state index in [1.54, 1.807) is 12.3 Å². The number of rotatable bonds is 3. The highest BCUT2D eigenvalue weighted by molar-refractivity contribution is 5.55. The molecule has 3 aromatic heterocycles. The molecule has 0 N–H and O–H groups in total. The lowest BCUT2D eigenvalue weighted by atomic mass is 10.2. The van der Waals surface area contributed by atoms with Crippen molar-refractivity contribution in [1.82, 2.24) is 29.6 Å². The van der Waals surface area contributed by atoms with E-state index in [1.807, 2.05) is 30.8 Å². The number of aryl methyl sites for hydroxylation is 2. The van der Waals surface area contributed by atoms with Crippen LogP contribution in [0.15, 0.2) is 30.6 Å². The first-order valence-electron chi connectivity index (χ1n) is 8.29. The van der Waals surface area contributed by atoms with Gasteiger partial charge in [0.15, 0.2) is 5.82 Å². The van der Waals surface area contributed by atoms with Crippen LogP contribution in [0.2, 0.25) is 0 Å². The van der Waals surface area contributed by atoms with Crippen LogP contribution in [0.3, 0.4) is 0 Å². The number of pyridine rings is 1. The van der Waals surface area contributed by atoms with Crippen LogP contribution in [0.1, 0.15) is 22.8 Å². The minimum atomic E-state index is -0.345. The zero-order chi connectivity index (χ0) is 17.4. The minimum Gasteiger partial charge on any atom is -0.291 e. The van der Waals surface area contributed by atoms with Crippen molar-refractivity contribution in [3.63, 3.8) is 0 Å². The van der Waals surface area contributed by atoms with Crippen molar-refractivity contribution in [2.45, 2.75) is 33.5 Å². The monoisotopic (exact) mass is 338 g/mol. The molecule has 4 heterocycles. The number of nitrogens with zero attached hydrogens (tertiary/aromatic N) is 6. The van der Waals surface area contributed by atoms with Crippen molar-refractivity contribution >= 4 is 0 Å². The van der Waals surface area contributed by atoms with Gasteiger partial charge >= 0.3 is 0 Å². The van der Waals surface area contributed by atoms with Crippen molar-refractivity contribution in [1.29, 1.82) is 0 Å². The van der Waals surface area contributed by atoms with E-state index in [4.69, 9.17) is 0 Å². The van der Waals surface area contributed by atoms with E-state index in [-0.39, 0.29) is 5.82 Å². The van der Waals surface area contributed by atoms with Gasteiger partial charge < -0.3 is 0 Å². The summed E-state index contributed by atoms with van der Waals surface area (Å²) in [5.41, 5.74) is 4.11. The molecule has 0 atom stereocenters. The first-order valence-corrected chi connectivity index (χ1v) is 8.29. The van der Waals surface area contributed by atoms with Gasteiger partial charge in [-0.2, -0.15) is 5.10 Å². The van der Waals surface area contributed by atoms with Gasteiger partial charge in [0.25, 0.3) is 0 Å². The fraction of sp³-hybridized carbons (Fsp3) is 0.333. The number of hydrogen-bond donors (Lipinski definition) is 0. The zero-order valence-electron chi connectivity index (χ0n) is 14.3. The van der Waals surface area contributed by atoms with Crippen molar-refractivity contribution < 1.29 is 4.39 Å². The maximum atomic E-state index is 13.9. The van der Waals surface area contributed by atoms with E-state index in [1.165, 1.54) is 6.07 Å². The summed E-state index contributed by atoms with van der Waals surface area (Å²) in [7, 11) is 0. The van der Waals surface area contributed by atoms with Crippen molar-refractivity contribution in [3.05, 3.63) is 59.2 Å². The molecule has 25 heavy (non-hydrogen) atoms. The third-order valence-corrected chi connectivity index (χ3v) is 4.47. The van der Waals surface area contributed by atoms with E-state index < -0.39 is 0 Å². The number of hydrogen-bond acceptors (Lipinski definition) is 5. The van der Waals surface area contributed by atoms with Gasteiger partial charge in [0, 0.05) is 43.3 Å². The number of aromatic nitrogens is 5. The van der Waals surface area contributed by atoms with Crippen molar-refractivity contribution in [2.24, 2.45) is 0 Å². The highest BCUT2D eigenvalue weighted by atomic mass is 19.1. The summed E-state index contributed by atoms with van der Waals surface area (Å²) in [4.78, 5) is 15.2. The fourth-order valence-electron chi connectivity index (χ4n) is 3.15. The Morgan fingerprint density at radius 3 is 2.88 bits per heavy atom. The first kappa shape index (κ1) is 15.8. The Labute approximate surface area is 145 Å². The lowest BCUT2D eigenvalue weighted by Gasteiger charge is -2.27. The lowest BCUT2D eigenvalue weighted by Crippen LogP contribution is -2.33. The molecule has 1 aliphatic rings. The summed E-state index contributed by atoms with van der Waals surface area (Å²) in [6, 6.07) is 4.92. The molecule has 0 fully saturated rings. The molecule has 0 saturated carbocycles. The van der Waals surface area contributed by atoms with Crippen LogP contribution in [0.4, 0.5) is 4.39 Å². The van der Waals surface area contributed by atoms with Crippen LogP contribution < -0.4 is 0 Å². The molecule has 0 aliphatic carbocycles. The summed E-state index contributed by atoms with van der Waals surface area (Å²) in [6.45, 7) is 7.12. The van der Waals surface area contributed by atoms with Gasteiger partial charge in [0.1, 0.15) is 17.2 Å². The van der Waals surface area contributed by atoms with E-state index >= 15 is 0 Å². The van der Waals surface area contributed by atoms with Gasteiger partial charge in [0.2, 0.25) is 0 Å². The Bertz CT molecular complexity index is 920. The van der Waals surface area contributed by atoms with E-state index in [9.17, 15) is 4.39 Å². The average Bonchev–Trinajstić information content (AvgIpc) is 3.01. The molecular weight excluding hydrogens is 319 g/mol. The fourth-order valence-corrected chi connectivity index (χ4v) is 3.15. The molecule has 6 nitrogen and oxygen atoms in total. The highest BCUT2D eigenvalue weighted by Crippen LogP contribution is 2.23. The second-order valence-electron chi connectivity index (χ2n) is 6.32. The molecule has 0 spiro atoms. The van der Waals surface area contributed by atoms with Crippen molar-refractivity contribution in [2.75, 3.05) is 6.54 Å². The zero-order valence-corrected chi connectivity index (χ0v) is 14.3. The SMILES string of the molecule is Cc1ncc(CN2CCn3nc(-c4ncccc4F)cc3C2)c(C)n1. The Kier molecular flexibility index (Phi) is 4.01. The second-order valence-corrected chi connectivity index (χ2v) is 6.32.